The van der Waals surface area contributed by atoms with Gasteiger partial charge < -0.3 is 0 Å². The Kier molecular flexibility index (Phi) is 2.45. The maximum atomic E-state index is 5.13. The van der Waals surface area contributed by atoms with Crippen LogP contribution in [0.2, 0.25) is 0 Å². The largest absolute Gasteiger partial charge is 0.292 e. The van der Waals surface area contributed by atoms with E-state index in [1.165, 1.54) is 5.69 Å². The number of rotatable bonds is 1. The third-order valence-electron chi connectivity index (χ3n) is 2.11. The van der Waals surface area contributed by atoms with Gasteiger partial charge in [-0.05, 0) is 18.6 Å². The fraction of sp³-hybridized carbons (Fsp3) is 0.300. The van der Waals surface area contributed by atoms with Gasteiger partial charge in [-0.25, -0.2) is 0 Å². The molecule has 0 atom stereocenters. The maximum Gasteiger partial charge on any atom is 0.0942 e. The molecule has 0 bridgehead atoms. The van der Waals surface area contributed by atoms with Crippen molar-refractivity contribution >= 4 is 22.9 Å². The number of para-hydroxylation sites is 1. The van der Waals surface area contributed by atoms with E-state index >= 15 is 0 Å². The molecule has 0 unspecified atom stereocenters. The van der Waals surface area contributed by atoms with Crippen LogP contribution in [0.25, 0.3) is 0 Å². The quantitative estimate of drug-likeness (QED) is 0.686. The summed E-state index contributed by atoms with van der Waals surface area (Å²) in [6.45, 7) is 1.03. The number of thiocarbonyl (C=S) groups is 1. The van der Waals surface area contributed by atoms with Crippen LogP contribution in [0.15, 0.2) is 30.3 Å². The summed E-state index contributed by atoms with van der Waals surface area (Å²) in [5.41, 5.74) is 4.38. The summed E-state index contributed by atoms with van der Waals surface area (Å²) in [7, 11) is 0. The van der Waals surface area contributed by atoms with Crippen molar-refractivity contribution in [3.63, 3.8) is 0 Å². The van der Waals surface area contributed by atoms with Gasteiger partial charge in [0.15, 0.2) is 0 Å². The highest BCUT2D eigenvalue weighted by Gasteiger charge is 2.12. The average Bonchev–Trinajstić information content (AvgIpc) is 2.19. The second kappa shape index (κ2) is 3.75. The van der Waals surface area contributed by atoms with Gasteiger partial charge in [0.2, 0.25) is 0 Å². The van der Waals surface area contributed by atoms with E-state index < -0.39 is 0 Å². The van der Waals surface area contributed by atoms with Crippen LogP contribution < -0.4 is 10.4 Å². The Bertz CT molecular complexity index is 297. The Hall–Kier alpha value is -1.09. The molecule has 0 saturated carbocycles. The molecule has 0 aromatic heterocycles. The van der Waals surface area contributed by atoms with Crippen LogP contribution in [0.5, 0.6) is 0 Å². The normalized spacial score (nSPS) is 16.9. The van der Waals surface area contributed by atoms with Crippen molar-refractivity contribution in [2.24, 2.45) is 0 Å². The minimum Gasteiger partial charge on any atom is -0.292 e. The molecule has 3 heteroatoms. The SMILES string of the molecule is S=C1CCCN(c2ccccc2)N1. The van der Waals surface area contributed by atoms with Crippen LogP contribution in [-0.2, 0) is 0 Å². The predicted octanol–water partition coefficient (Wildman–Crippen LogP) is 2.12. The number of hydrogen-bond donors (Lipinski definition) is 1. The topological polar surface area (TPSA) is 15.3 Å². The van der Waals surface area contributed by atoms with Crippen molar-refractivity contribution in [3.05, 3.63) is 30.3 Å². The molecular formula is C10H12N2S. The maximum absolute atomic E-state index is 5.13. The molecular weight excluding hydrogens is 180 g/mol. The zero-order valence-corrected chi connectivity index (χ0v) is 8.18. The zero-order chi connectivity index (χ0) is 9.10. The number of nitrogens with one attached hydrogen (secondary N) is 1. The van der Waals surface area contributed by atoms with E-state index in [9.17, 15) is 0 Å². The third-order valence-corrected chi connectivity index (χ3v) is 2.41. The van der Waals surface area contributed by atoms with E-state index in [0.29, 0.717) is 0 Å². The van der Waals surface area contributed by atoms with E-state index in [1.807, 2.05) is 18.2 Å². The summed E-state index contributed by atoms with van der Waals surface area (Å²) in [5, 5.41) is 2.10. The summed E-state index contributed by atoms with van der Waals surface area (Å²) in [6, 6.07) is 10.3. The Balaban J connectivity index is 2.13. The Morgan fingerprint density at radius 1 is 1.23 bits per heavy atom. The predicted molar refractivity (Wildman–Crippen MR) is 58.8 cm³/mol. The lowest BCUT2D eigenvalue weighted by atomic mass is 10.2. The molecule has 0 radical (unpaired) electrons. The molecule has 0 aliphatic carbocycles. The lowest BCUT2D eigenvalue weighted by Gasteiger charge is -2.30. The zero-order valence-electron chi connectivity index (χ0n) is 7.36. The first kappa shape index (κ1) is 8.51. The summed E-state index contributed by atoms with van der Waals surface area (Å²) < 4.78 is 0. The molecule has 0 spiro atoms. The van der Waals surface area contributed by atoms with Crippen molar-refractivity contribution in [2.45, 2.75) is 12.8 Å². The lowest BCUT2D eigenvalue weighted by Crippen LogP contribution is -2.46. The first-order chi connectivity index (χ1) is 6.36. The number of benzene rings is 1. The first-order valence-corrected chi connectivity index (χ1v) is 4.89. The number of nitrogens with zero attached hydrogens (tertiary/aromatic N) is 1. The fourth-order valence-electron chi connectivity index (χ4n) is 1.46. The Labute approximate surface area is 83.5 Å². The average molecular weight is 192 g/mol. The standard InChI is InChI=1S/C10H12N2S/c13-10-7-4-8-12(11-10)9-5-2-1-3-6-9/h1-3,5-6H,4,7-8H2,(H,11,13). The monoisotopic (exact) mass is 192 g/mol. The van der Waals surface area contributed by atoms with Crippen molar-refractivity contribution in [1.29, 1.82) is 0 Å². The molecule has 1 aromatic rings. The van der Waals surface area contributed by atoms with E-state index in [2.05, 4.69) is 22.6 Å². The van der Waals surface area contributed by atoms with Crippen LogP contribution in [-0.4, -0.2) is 11.5 Å². The molecule has 13 heavy (non-hydrogen) atoms. The van der Waals surface area contributed by atoms with Gasteiger partial charge >= 0.3 is 0 Å². The van der Waals surface area contributed by atoms with Gasteiger partial charge in [-0.2, -0.15) is 0 Å². The molecule has 1 heterocycles. The molecule has 1 saturated heterocycles. The van der Waals surface area contributed by atoms with Crippen LogP contribution in [0.4, 0.5) is 5.69 Å². The van der Waals surface area contributed by atoms with Gasteiger partial charge in [0.05, 0.1) is 10.7 Å². The molecule has 1 aliphatic rings. The smallest absolute Gasteiger partial charge is 0.0942 e. The fourth-order valence-corrected chi connectivity index (χ4v) is 1.72. The van der Waals surface area contributed by atoms with Gasteiger partial charge in [0.1, 0.15) is 0 Å². The third kappa shape index (κ3) is 1.98. The highest BCUT2D eigenvalue weighted by Crippen LogP contribution is 2.14. The van der Waals surface area contributed by atoms with Crippen molar-refractivity contribution in [2.75, 3.05) is 11.6 Å². The van der Waals surface area contributed by atoms with Crippen LogP contribution >= 0.6 is 12.2 Å². The van der Waals surface area contributed by atoms with Gasteiger partial charge in [0, 0.05) is 13.0 Å². The van der Waals surface area contributed by atoms with Crippen LogP contribution in [0, 0.1) is 0 Å². The summed E-state index contributed by atoms with van der Waals surface area (Å²) in [4.78, 5) is 0.940. The summed E-state index contributed by atoms with van der Waals surface area (Å²) >= 11 is 5.13. The number of hydrazine groups is 1. The number of hydrogen-bond acceptors (Lipinski definition) is 2. The highest BCUT2D eigenvalue weighted by atomic mass is 32.1. The Morgan fingerprint density at radius 2 is 2.00 bits per heavy atom. The molecule has 2 rings (SSSR count). The molecule has 1 aliphatic heterocycles. The van der Waals surface area contributed by atoms with Crippen molar-refractivity contribution in [1.82, 2.24) is 5.43 Å². The second-order valence-corrected chi connectivity index (χ2v) is 3.62. The Morgan fingerprint density at radius 3 is 2.69 bits per heavy atom. The molecule has 0 amide bonds. The molecule has 1 fully saturated rings. The van der Waals surface area contributed by atoms with Crippen molar-refractivity contribution in [3.8, 4) is 0 Å². The van der Waals surface area contributed by atoms with E-state index in [4.69, 9.17) is 12.2 Å². The molecule has 68 valence electrons. The lowest BCUT2D eigenvalue weighted by molar-refractivity contribution is 0.671. The van der Waals surface area contributed by atoms with Gasteiger partial charge in [-0.1, -0.05) is 30.4 Å². The van der Waals surface area contributed by atoms with Crippen LogP contribution in [0.1, 0.15) is 12.8 Å². The van der Waals surface area contributed by atoms with Crippen molar-refractivity contribution < 1.29 is 0 Å². The minimum atomic E-state index is 0.940. The van der Waals surface area contributed by atoms with Crippen LogP contribution in [0.3, 0.4) is 0 Å². The first-order valence-electron chi connectivity index (χ1n) is 4.48. The number of anilines is 1. The van der Waals surface area contributed by atoms with E-state index in [1.54, 1.807) is 0 Å². The van der Waals surface area contributed by atoms with Gasteiger partial charge in [-0.15, -0.1) is 0 Å². The van der Waals surface area contributed by atoms with Gasteiger partial charge in [0.25, 0.3) is 0 Å². The second-order valence-electron chi connectivity index (χ2n) is 3.13. The highest BCUT2D eigenvalue weighted by molar-refractivity contribution is 7.80. The molecule has 2 nitrogen and oxygen atoms in total. The molecule has 1 N–H and O–H groups in total. The van der Waals surface area contributed by atoms with Gasteiger partial charge in [-0.3, -0.25) is 10.4 Å². The van der Waals surface area contributed by atoms with E-state index in [-0.39, 0.29) is 0 Å². The molecule has 1 aromatic carbocycles. The minimum absolute atomic E-state index is 0.940. The summed E-state index contributed by atoms with van der Waals surface area (Å²) in [6.07, 6.45) is 2.15. The van der Waals surface area contributed by atoms with E-state index in [0.717, 1.165) is 24.4 Å². The summed E-state index contributed by atoms with van der Waals surface area (Å²) in [5.74, 6) is 0.